The van der Waals surface area contributed by atoms with Crippen molar-refractivity contribution in [1.29, 1.82) is 0 Å². The minimum Gasteiger partial charge on any atom is -0.465 e. The molecule has 0 radical (unpaired) electrons. The maximum atomic E-state index is 13.8. The summed E-state index contributed by atoms with van der Waals surface area (Å²) in [5.74, 6) is 0. The number of sulfonamides is 1. The predicted molar refractivity (Wildman–Crippen MR) is 203 cm³/mol. The fourth-order valence-electron chi connectivity index (χ4n) is 6.34. The molecule has 0 aromatic heterocycles. The van der Waals surface area contributed by atoms with Gasteiger partial charge in [-0.1, -0.05) is 78.9 Å². The summed E-state index contributed by atoms with van der Waals surface area (Å²) in [7, 11) is -3.82. The molecule has 4 aromatic carbocycles. The first-order valence-electron chi connectivity index (χ1n) is 17.8. The number of fused-ring (bicyclic) bond motifs is 1. The van der Waals surface area contributed by atoms with E-state index in [9.17, 15) is 23.1 Å². The molecule has 1 aliphatic rings. The van der Waals surface area contributed by atoms with E-state index in [2.05, 4.69) is 33.1 Å². The number of nitrogens with zero attached hydrogens (tertiary/aromatic N) is 3. The zero-order valence-electron chi connectivity index (χ0n) is 30.5. The number of hydrogen-bond donors (Lipinski definition) is 3. The van der Waals surface area contributed by atoms with Gasteiger partial charge >= 0.3 is 12.1 Å². The van der Waals surface area contributed by atoms with Crippen LogP contribution in [0.25, 0.3) is 10.8 Å². The summed E-state index contributed by atoms with van der Waals surface area (Å²) in [5, 5.41) is 15.0. The Bertz CT molecular complexity index is 1900. The average Bonchev–Trinajstić information content (AvgIpc) is 3.12. The number of amides is 3. The molecule has 0 aliphatic carbocycles. The highest BCUT2D eigenvalue weighted by Crippen LogP contribution is 2.25. The van der Waals surface area contributed by atoms with Crippen LogP contribution in [-0.2, 0) is 34.4 Å². The Hall–Kier alpha value is -4.49. The summed E-state index contributed by atoms with van der Waals surface area (Å²) < 4.78 is 34.6. The van der Waals surface area contributed by atoms with Crippen LogP contribution in [0.5, 0.6) is 0 Å². The van der Waals surface area contributed by atoms with Crippen molar-refractivity contribution < 1.29 is 27.9 Å². The smallest absolute Gasteiger partial charge is 0.408 e. The largest absolute Gasteiger partial charge is 0.465 e. The molecular formula is C40H51N5O6S. The van der Waals surface area contributed by atoms with Crippen LogP contribution >= 0.6 is 0 Å². The van der Waals surface area contributed by atoms with Crippen LogP contribution < -0.4 is 10.0 Å². The third-order valence-electron chi connectivity index (χ3n) is 9.40. The second-order valence-corrected chi connectivity index (χ2v) is 16.1. The standard InChI is InChI=1S/C40H51N5O6S/c1-30(36-12-7-10-34-9-5-6-11-37(34)36)42-38(46)44(22-8-21-43-23-25-51-26-24-43)28-32-17-19-35(20-18-32)52(49,50)41-27-31-13-15-33(16-14-31)29-45(39(47)48)40(2,3)4/h5-7,9-20,30,41H,8,21-29H2,1-4H3,(H,42,46)(H,47,48). The van der Waals surface area contributed by atoms with Crippen molar-refractivity contribution in [1.82, 2.24) is 24.7 Å². The van der Waals surface area contributed by atoms with E-state index in [1.54, 1.807) is 41.3 Å². The van der Waals surface area contributed by atoms with Gasteiger partial charge in [-0.25, -0.2) is 22.7 Å². The van der Waals surface area contributed by atoms with E-state index in [0.717, 1.165) is 59.1 Å². The summed E-state index contributed by atoms with van der Waals surface area (Å²) in [5.41, 5.74) is 2.87. The Morgan fingerprint density at radius 3 is 2.15 bits per heavy atom. The lowest BCUT2D eigenvalue weighted by molar-refractivity contribution is 0.0364. The van der Waals surface area contributed by atoms with Gasteiger partial charge in [-0.3, -0.25) is 9.80 Å². The van der Waals surface area contributed by atoms with Crippen LogP contribution in [0.1, 0.15) is 62.4 Å². The number of benzene rings is 4. The summed E-state index contributed by atoms with van der Waals surface area (Å²) in [4.78, 5) is 31.1. The van der Waals surface area contributed by atoms with Gasteiger partial charge < -0.3 is 20.1 Å². The van der Waals surface area contributed by atoms with E-state index in [-0.39, 0.29) is 30.1 Å². The highest BCUT2D eigenvalue weighted by atomic mass is 32.2. The number of urea groups is 1. The zero-order valence-corrected chi connectivity index (χ0v) is 31.4. The number of rotatable bonds is 14. The fraction of sp³-hybridized carbons (Fsp3) is 0.400. The Morgan fingerprint density at radius 2 is 1.48 bits per heavy atom. The van der Waals surface area contributed by atoms with Crippen molar-refractivity contribution in [2.75, 3.05) is 39.4 Å². The van der Waals surface area contributed by atoms with E-state index in [1.165, 1.54) is 4.90 Å². The highest BCUT2D eigenvalue weighted by molar-refractivity contribution is 7.89. The minimum atomic E-state index is -3.82. The van der Waals surface area contributed by atoms with Crippen molar-refractivity contribution >= 4 is 32.9 Å². The van der Waals surface area contributed by atoms with Crippen molar-refractivity contribution in [3.05, 3.63) is 113 Å². The maximum absolute atomic E-state index is 13.8. The molecule has 12 heteroatoms. The highest BCUT2D eigenvalue weighted by Gasteiger charge is 2.26. The van der Waals surface area contributed by atoms with Crippen LogP contribution in [0, 0.1) is 0 Å². The molecule has 3 N–H and O–H groups in total. The average molecular weight is 730 g/mol. The van der Waals surface area contributed by atoms with E-state index in [1.807, 2.05) is 64.1 Å². The molecule has 1 fully saturated rings. The number of nitrogens with one attached hydrogen (secondary N) is 2. The van der Waals surface area contributed by atoms with Gasteiger partial charge in [0.2, 0.25) is 10.0 Å². The fourth-order valence-corrected chi connectivity index (χ4v) is 7.36. The minimum absolute atomic E-state index is 0.0816. The van der Waals surface area contributed by atoms with Crippen molar-refractivity contribution in [2.45, 2.75) is 70.2 Å². The summed E-state index contributed by atoms with van der Waals surface area (Å²) in [6, 6.07) is 27.7. The Balaban J connectivity index is 1.22. The molecule has 0 saturated carbocycles. The number of carbonyl (C=O) groups is 2. The molecule has 0 spiro atoms. The third kappa shape index (κ3) is 10.5. The van der Waals surface area contributed by atoms with Crippen LogP contribution in [0.3, 0.4) is 0 Å². The first-order valence-corrected chi connectivity index (χ1v) is 19.3. The SMILES string of the molecule is CC(NC(=O)N(CCCN1CCOCC1)Cc1ccc(S(=O)(=O)NCc2ccc(CN(C(=O)O)C(C)(C)C)cc2)cc1)c1cccc2ccccc12. The van der Waals surface area contributed by atoms with Gasteiger partial charge in [-0.15, -0.1) is 0 Å². The van der Waals surface area contributed by atoms with Crippen molar-refractivity contribution in [3.8, 4) is 0 Å². The van der Waals surface area contributed by atoms with Gasteiger partial charge in [0, 0.05) is 51.4 Å². The van der Waals surface area contributed by atoms with E-state index in [0.29, 0.717) is 26.3 Å². The summed E-state index contributed by atoms with van der Waals surface area (Å²) in [6.45, 7) is 12.7. The molecule has 1 atom stereocenters. The monoisotopic (exact) mass is 729 g/mol. The summed E-state index contributed by atoms with van der Waals surface area (Å²) in [6.07, 6.45) is -0.205. The van der Waals surface area contributed by atoms with Crippen LogP contribution in [0.4, 0.5) is 9.59 Å². The topological polar surface area (TPSA) is 132 Å². The Labute approximate surface area is 307 Å². The number of ether oxygens (including phenoxy) is 1. The van der Waals surface area contributed by atoms with Gasteiger partial charge in [-0.2, -0.15) is 0 Å². The number of carbonyl (C=O) groups excluding carboxylic acids is 1. The second-order valence-electron chi connectivity index (χ2n) is 14.3. The van der Waals surface area contributed by atoms with Gasteiger partial charge in [-0.05, 0) is 79.3 Å². The lowest BCUT2D eigenvalue weighted by atomic mass is 10.00. The first kappa shape index (κ1) is 38.7. The summed E-state index contributed by atoms with van der Waals surface area (Å²) >= 11 is 0. The van der Waals surface area contributed by atoms with Gasteiger partial charge in [0.05, 0.1) is 24.2 Å². The van der Waals surface area contributed by atoms with Gasteiger partial charge in [0.1, 0.15) is 0 Å². The molecule has 1 aliphatic heterocycles. The molecule has 3 amide bonds. The predicted octanol–water partition coefficient (Wildman–Crippen LogP) is 6.59. The molecule has 5 rings (SSSR count). The molecule has 0 bridgehead atoms. The molecule has 278 valence electrons. The molecule has 1 saturated heterocycles. The van der Waals surface area contributed by atoms with Crippen molar-refractivity contribution in [3.63, 3.8) is 0 Å². The lowest BCUT2D eigenvalue weighted by Gasteiger charge is -2.33. The molecule has 52 heavy (non-hydrogen) atoms. The van der Waals surface area contributed by atoms with Crippen LogP contribution in [-0.4, -0.2) is 85.3 Å². The maximum Gasteiger partial charge on any atom is 0.408 e. The molecule has 4 aromatic rings. The van der Waals surface area contributed by atoms with E-state index >= 15 is 0 Å². The normalized spacial score (nSPS) is 14.5. The van der Waals surface area contributed by atoms with Crippen LogP contribution in [0.15, 0.2) is 95.9 Å². The number of morpholine rings is 1. The number of carboxylic acid groups (broad SMARTS) is 1. The zero-order chi connectivity index (χ0) is 37.3. The Kier molecular flexibility index (Phi) is 12.9. The first-order chi connectivity index (χ1) is 24.8. The van der Waals surface area contributed by atoms with E-state index in [4.69, 9.17) is 4.74 Å². The molecule has 1 unspecified atom stereocenters. The lowest BCUT2D eigenvalue weighted by Crippen LogP contribution is -2.44. The van der Waals surface area contributed by atoms with Gasteiger partial charge in [0.25, 0.3) is 0 Å². The van der Waals surface area contributed by atoms with Gasteiger partial charge in [0.15, 0.2) is 0 Å². The molecule has 11 nitrogen and oxygen atoms in total. The van der Waals surface area contributed by atoms with E-state index < -0.39 is 21.7 Å². The van der Waals surface area contributed by atoms with Crippen molar-refractivity contribution in [2.24, 2.45) is 0 Å². The Morgan fingerprint density at radius 1 is 0.865 bits per heavy atom. The second kappa shape index (κ2) is 17.4. The molecule has 1 heterocycles. The number of hydrogen-bond acceptors (Lipinski definition) is 6. The van der Waals surface area contributed by atoms with Crippen LogP contribution in [0.2, 0.25) is 0 Å². The third-order valence-corrected chi connectivity index (χ3v) is 10.8. The molecular weight excluding hydrogens is 679 g/mol. The quantitative estimate of drug-likeness (QED) is 0.134.